The Bertz CT molecular complexity index is 717. The molecule has 25 heavy (non-hydrogen) atoms. The zero-order chi connectivity index (χ0) is 18.2. The summed E-state index contributed by atoms with van der Waals surface area (Å²) in [5.74, 6) is 0.286. The number of unbranched alkanes of at least 4 members (excludes halogenated alkanes) is 3. The SMILES string of the molecule is CCCCCCOc1ccc(Br)cc1C(=O)Nc1cc(Cl)cc(Cl)c1. The predicted octanol–water partition coefficient (Wildman–Crippen LogP) is 6.97. The number of hydrogen-bond donors (Lipinski definition) is 1. The van der Waals surface area contributed by atoms with Gasteiger partial charge in [-0.2, -0.15) is 0 Å². The first kappa shape index (κ1) is 20.1. The molecule has 0 spiro atoms. The Hall–Kier alpha value is -1.23. The van der Waals surface area contributed by atoms with Crippen LogP contribution in [0.5, 0.6) is 5.75 Å². The zero-order valence-electron chi connectivity index (χ0n) is 14.0. The maximum atomic E-state index is 12.6. The second kappa shape index (κ2) is 10.0. The van der Waals surface area contributed by atoms with Crippen molar-refractivity contribution in [2.75, 3.05) is 11.9 Å². The number of carbonyl (C=O) groups excluding carboxylic acids is 1. The van der Waals surface area contributed by atoms with E-state index in [1.165, 1.54) is 12.8 Å². The van der Waals surface area contributed by atoms with E-state index in [-0.39, 0.29) is 5.91 Å². The van der Waals surface area contributed by atoms with Gasteiger partial charge >= 0.3 is 0 Å². The van der Waals surface area contributed by atoms with Crippen LogP contribution in [-0.4, -0.2) is 12.5 Å². The van der Waals surface area contributed by atoms with Gasteiger partial charge in [0.25, 0.3) is 5.91 Å². The molecular weight excluding hydrogens is 425 g/mol. The Morgan fingerprint density at radius 2 is 1.80 bits per heavy atom. The number of rotatable bonds is 8. The normalized spacial score (nSPS) is 10.6. The third kappa shape index (κ3) is 6.53. The number of hydrogen-bond acceptors (Lipinski definition) is 2. The monoisotopic (exact) mass is 443 g/mol. The average Bonchev–Trinajstić information content (AvgIpc) is 2.54. The largest absolute Gasteiger partial charge is 0.493 e. The minimum Gasteiger partial charge on any atom is -0.493 e. The Morgan fingerprint density at radius 3 is 2.48 bits per heavy atom. The second-order valence-corrected chi connectivity index (χ2v) is 7.45. The van der Waals surface area contributed by atoms with Crippen molar-refractivity contribution in [3.63, 3.8) is 0 Å². The molecule has 0 saturated carbocycles. The molecule has 0 fully saturated rings. The van der Waals surface area contributed by atoms with E-state index in [2.05, 4.69) is 28.2 Å². The van der Waals surface area contributed by atoms with Gasteiger partial charge in [0, 0.05) is 20.2 Å². The van der Waals surface area contributed by atoms with E-state index in [4.69, 9.17) is 27.9 Å². The number of carbonyl (C=O) groups is 1. The molecule has 3 nitrogen and oxygen atoms in total. The third-order valence-electron chi connectivity index (χ3n) is 3.56. The Balaban J connectivity index is 2.10. The van der Waals surface area contributed by atoms with Crippen molar-refractivity contribution >= 4 is 50.7 Å². The van der Waals surface area contributed by atoms with Gasteiger partial charge in [-0.1, -0.05) is 65.3 Å². The Morgan fingerprint density at radius 1 is 1.08 bits per heavy atom. The van der Waals surface area contributed by atoms with E-state index in [0.29, 0.717) is 33.7 Å². The van der Waals surface area contributed by atoms with Crippen LogP contribution >= 0.6 is 39.1 Å². The second-order valence-electron chi connectivity index (χ2n) is 5.66. The van der Waals surface area contributed by atoms with Crippen LogP contribution in [0.3, 0.4) is 0 Å². The highest BCUT2D eigenvalue weighted by molar-refractivity contribution is 9.10. The molecule has 2 aromatic rings. The molecule has 0 heterocycles. The molecule has 2 rings (SSSR count). The lowest BCUT2D eigenvalue weighted by atomic mass is 10.1. The first-order chi connectivity index (χ1) is 12.0. The van der Waals surface area contributed by atoms with Crippen molar-refractivity contribution in [2.24, 2.45) is 0 Å². The maximum absolute atomic E-state index is 12.6. The molecule has 0 aromatic heterocycles. The lowest BCUT2D eigenvalue weighted by Crippen LogP contribution is -2.14. The van der Waals surface area contributed by atoms with Crippen LogP contribution in [0.15, 0.2) is 40.9 Å². The number of benzene rings is 2. The molecule has 6 heteroatoms. The quantitative estimate of drug-likeness (QED) is 0.446. The van der Waals surface area contributed by atoms with Gasteiger partial charge in [-0.05, 0) is 42.8 Å². The van der Waals surface area contributed by atoms with E-state index in [1.54, 1.807) is 30.3 Å². The summed E-state index contributed by atoms with van der Waals surface area (Å²) in [6, 6.07) is 10.3. The number of ether oxygens (including phenoxy) is 1. The average molecular weight is 445 g/mol. The minimum atomic E-state index is -0.275. The Kier molecular flexibility index (Phi) is 8.07. The fourth-order valence-corrected chi connectivity index (χ4v) is 3.23. The van der Waals surface area contributed by atoms with Gasteiger partial charge < -0.3 is 10.1 Å². The van der Waals surface area contributed by atoms with Crippen molar-refractivity contribution in [3.8, 4) is 5.75 Å². The standard InChI is InChI=1S/C19H20BrCl2NO2/c1-2-3-4-5-8-25-18-7-6-13(20)9-17(18)19(24)23-16-11-14(21)10-15(22)12-16/h6-7,9-12H,2-5,8H2,1H3,(H,23,24). The number of halogens is 3. The summed E-state index contributed by atoms with van der Waals surface area (Å²) in [4.78, 5) is 12.6. The first-order valence-corrected chi connectivity index (χ1v) is 9.74. The molecule has 2 aromatic carbocycles. The summed E-state index contributed by atoms with van der Waals surface area (Å²) in [5.41, 5.74) is 0.998. The van der Waals surface area contributed by atoms with Gasteiger partial charge in [-0.25, -0.2) is 0 Å². The fourth-order valence-electron chi connectivity index (χ4n) is 2.34. The van der Waals surface area contributed by atoms with Crippen molar-refractivity contribution in [3.05, 3.63) is 56.5 Å². The van der Waals surface area contributed by atoms with Gasteiger partial charge in [0.05, 0.1) is 12.2 Å². The van der Waals surface area contributed by atoms with Crippen LogP contribution in [0.4, 0.5) is 5.69 Å². The van der Waals surface area contributed by atoms with Crippen molar-refractivity contribution in [2.45, 2.75) is 32.6 Å². The lowest BCUT2D eigenvalue weighted by molar-refractivity contribution is 0.102. The third-order valence-corrected chi connectivity index (χ3v) is 4.49. The molecule has 0 atom stereocenters. The maximum Gasteiger partial charge on any atom is 0.259 e. The van der Waals surface area contributed by atoms with Crippen molar-refractivity contribution < 1.29 is 9.53 Å². The predicted molar refractivity (Wildman–Crippen MR) is 108 cm³/mol. The number of amides is 1. The van der Waals surface area contributed by atoms with Gasteiger partial charge in [0.15, 0.2) is 0 Å². The van der Waals surface area contributed by atoms with Crippen LogP contribution < -0.4 is 10.1 Å². The van der Waals surface area contributed by atoms with Crippen LogP contribution in [0.2, 0.25) is 10.0 Å². The molecule has 0 radical (unpaired) electrons. The summed E-state index contributed by atoms with van der Waals surface area (Å²) in [7, 11) is 0. The van der Waals surface area contributed by atoms with Crippen LogP contribution in [-0.2, 0) is 0 Å². The molecule has 0 bridgehead atoms. The number of anilines is 1. The highest BCUT2D eigenvalue weighted by Crippen LogP contribution is 2.27. The summed E-state index contributed by atoms with van der Waals surface area (Å²) < 4.78 is 6.62. The number of nitrogens with one attached hydrogen (secondary N) is 1. The summed E-state index contributed by atoms with van der Waals surface area (Å²) in [5, 5.41) is 3.73. The van der Waals surface area contributed by atoms with Gasteiger partial charge in [-0.3, -0.25) is 4.79 Å². The first-order valence-electron chi connectivity index (χ1n) is 8.19. The Labute approximate surface area is 166 Å². The molecule has 0 saturated heterocycles. The smallest absolute Gasteiger partial charge is 0.259 e. The van der Waals surface area contributed by atoms with Crippen LogP contribution in [0, 0.1) is 0 Å². The topological polar surface area (TPSA) is 38.3 Å². The lowest BCUT2D eigenvalue weighted by Gasteiger charge is -2.13. The zero-order valence-corrected chi connectivity index (χ0v) is 17.0. The fraction of sp³-hybridized carbons (Fsp3) is 0.316. The van der Waals surface area contributed by atoms with E-state index in [9.17, 15) is 4.79 Å². The van der Waals surface area contributed by atoms with E-state index in [1.807, 2.05) is 6.07 Å². The highest BCUT2D eigenvalue weighted by atomic mass is 79.9. The molecule has 1 amide bonds. The van der Waals surface area contributed by atoms with E-state index < -0.39 is 0 Å². The van der Waals surface area contributed by atoms with Gasteiger partial charge in [-0.15, -0.1) is 0 Å². The van der Waals surface area contributed by atoms with Gasteiger partial charge in [0.2, 0.25) is 0 Å². The summed E-state index contributed by atoms with van der Waals surface area (Å²) >= 11 is 15.4. The molecular formula is C19H20BrCl2NO2. The molecule has 134 valence electrons. The summed E-state index contributed by atoms with van der Waals surface area (Å²) in [6.07, 6.45) is 4.45. The van der Waals surface area contributed by atoms with Crippen LogP contribution in [0.25, 0.3) is 0 Å². The molecule has 0 aliphatic carbocycles. The molecule has 0 aliphatic heterocycles. The van der Waals surface area contributed by atoms with Crippen molar-refractivity contribution in [1.82, 2.24) is 0 Å². The van der Waals surface area contributed by atoms with E-state index in [0.717, 1.165) is 17.3 Å². The molecule has 0 aliphatic rings. The highest BCUT2D eigenvalue weighted by Gasteiger charge is 2.14. The molecule has 0 unspecified atom stereocenters. The van der Waals surface area contributed by atoms with Gasteiger partial charge in [0.1, 0.15) is 5.75 Å². The minimum absolute atomic E-state index is 0.275. The van der Waals surface area contributed by atoms with Crippen LogP contribution in [0.1, 0.15) is 43.0 Å². The molecule has 1 N–H and O–H groups in total. The summed E-state index contributed by atoms with van der Waals surface area (Å²) in [6.45, 7) is 2.75. The van der Waals surface area contributed by atoms with Crippen molar-refractivity contribution in [1.29, 1.82) is 0 Å². The van der Waals surface area contributed by atoms with E-state index >= 15 is 0 Å².